The lowest BCUT2D eigenvalue weighted by Gasteiger charge is -2.31. The van der Waals surface area contributed by atoms with Gasteiger partial charge >= 0.3 is 6.01 Å². The number of nitrogens with zero attached hydrogens (tertiary/aromatic N) is 5. The standard InChI is InChI=1S/C33H36F2N6O4/c1-3-21-24(34)6-5-18-9-19(42)10-22(26(18)21)28-27(35)29-23(13-37-28)31(41-15-20(43)11-25(41)30(36)44)39-32(38-29)45-16-33-7-4-8-40(33)14-17(2)12-33/h5-6,9-10,13,17,20,25,42-43H,3-4,7-8,11-12,14-16H2,1-2H3,(H2,36,44)/t17-,20-,25+,33+/m1/s1. The number of phenols is 1. The molecule has 12 heteroatoms. The largest absolute Gasteiger partial charge is 0.508 e. The van der Waals surface area contributed by atoms with Gasteiger partial charge in [-0.25, -0.2) is 8.78 Å². The molecule has 4 aromatic rings. The van der Waals surface area contributed by atoms with E-state index >= 15 is 4.39 Å². The zero-order valence-electron chi connectivity index (χ0n) is 25.3. The molecule has 0 radical (unpaired) electrons. The molecule has 5 heterocycles. The number of carbonyl (C=O) groups excluding carboxylic acids is 1. The molecule has 3 saturated heterocycles. The highest BCUT2D eigenvalue weighted by molar-refractivity contribution is 6.02. The average molecular weight is 619 g/mol. The number of carbonyl (C=O) groups is 1. The Hall–Kier alpha value is -4.16. The summed E-state index contributed by atoms with van der Waals surface area (Å²) in [5.74, 6) is -1.33. The maximum Gasteiger partial charge on any atom is 0.319 e. The fourth-order valence-electron chi connectivity index (χ4n) is 7.86. The number of pyridine rings is 1. The van der Waals surface area contributed by atoms with Crippen molar-refractivity contribution < 1.29 is 28.5 Å². The van der Waals surface area contributed by atoms with E-state index in [4.69, 9.17) is 10.5 Å². The van der Waals surface area contributed by atoms with E-state index in [-0.39, 0.29) is 58.2 Å². The third-order valence-electron chi connectivity index (χ3n) is 9.76. The molecule has 4 atom stereocenters. The number of aromatic nitrogens is 3. The number of anilines is 1. The Kier molecular flexibility index (Phi) is 7.24. The van der Waals surface area contributed by atoms with Gasteiger partial charge in [-0.1, -0.05) is 19.9 Å². The number of aromatic hydroxyl groups is 1. The van der Waals surface area contributed by atoms with E-state index in [1.54, 1.807) is 11.8 Å². The molecule has 2 aromatic carbocycles. The number of benzene rings is 2. The topological polar surface area (TPSA) is 138 Å². The van der Waals surface area contributed by atoms with Crippen molar-refractivity contribution in [2.24, 2.45) is 11.7 Å². The molecular formula is C33H36F2N6O4. The van der Waals surface area contributed by atoms with Gasteiger partial charge in [-0.05, 0) is 72.7 Å². The van der Waals surface area contributed by atoms with Crippen LogP contribution in [-0.2, 0) is 11.2 Å². The molecule has 0 saturated carbocycles. The van der Waals surface area contributed by atoms with Crippen LogP contribution in [0.2, 0.25) is 0 Å². The van der Waals surface area contributed by atoms with Gasteiger partial charge in [0.1, 0.15) is 41.2 Å². The van der Waals surface area contributed by atoms with Gasteiger partial charge in [0.25, 0.3) is 0 Å². The summed E-state index contributed by atoms with van der Waals surface area (Å²) in [5, 5.41) is 22.2. The highest BCUT2D eigenvalue weighted by Gasteiger charge is 2.48. The van der Waals surface area contributed by atoms with Gasteiger partial charge < -0.3 is 25.6 Å². The van der Waals surface area contributed by atoms with Crippen LogP contribution in [0.3, 0.4) is 0 Å². The van der Waals surface area contributed by atoms with Crippen molar-refractivity contribution in [3.8, 4) is 23.0 Å². The quantitative estimate of drug-likeness (QED) is 0.280. The number of ether oxygens (including phenoxy) is 1. The van der Waals surface area contributed by atoms with E-state index in [9.17, 15) is 19.4 Å². The van der Waals surface area contributed by atoms with Gasteiger partial charge in [-0.2, -0.15) is 9.97 Å². The van der Waals surface area contributed by atoms with E-state index in [1.807, 2.05) is 0 Å². The van der Waals surface area contributed by atoms with Gasteiger partial charge in [-0.3, -0.25) is 14.7 Å². The second-order valence-corrected chi connectivity index (χ2v) is 12.8. The van der Waals surface area contributed by atoms with Gasteiger partial charge in [-0.15, -0.1) is 0 Å². The zero-order chi connectivity index (χ0) is 31.6. The number of aryl methyl sites for hydroxylation is 1. The van der Waals surface area contributed by atoms with Crippen LogP contribution < -0.4 is 15.4 Å². The first kappa shape index (κ1) is 29.5. The Morgan fingerprint density at radius 2 is 2.04 bits per heavy atom. The molecule has 4 N–H and O–H groups in total. The first-order valence-electron chi connectivity index (χ1n) is 15.5. The number of β-amino-alcohol motifs (C(OH)–C–C–N with tert-alkyl or cyclic N) is 1. The summed E-state index contributed by atoms with van der Waals surface area (Å²) in [6.45, 7) is 6.37. The van der Waals surface area contributed by atoms with Crippen LogP contribution in [0.25, 0.3) is 32.9 Å². The van der Waals surface area contributed by atoms with Crippen LogP contribution in [0.5, 0.6) is 11.8 Å². The molecule has 0 unspecified atom stereocenters. The van der Waals surface area contributed by atoms with Crippen LogP contribution in [0, 0.1) is 17.6 Å². The monoisotopic (exact) mass is 618 g/mol. The molecule has 45 heavy (non-hydrogen) atoms. The van der Waals surface area contributed by atoms with Crippen molar-refractivity contribution in [3.05, 3.63) is 47.7 Å². The molecule has 3 fully saturated rings. The normalized spacial score (nSPS) is 25.0. The molecule has 7 rings (SSSR count). The van der Waals surface area contributed by atoms with Crippen molar-refractivity contribution in [3.63, 3.8) is 0 Å². The molecule has 0 spiro atoms. The lowest BCUT2D eigenvalue weighted by molar-refractivity contribution is -0.119. The minimum atomic E-state index is -0.876. The SMILES string of the molecule is CCc1c(F)ccc2cc(O)cc(-c3ncc4c(N5C[C@H](O)C[C@H]5C(N)=O)nc(OC[C@@]56CCCN5C[C@H](C)C6)nc4c3F)c12. The number of rotatable bonds is 7. The van der Waals surface area contributed by atoms with E-state index < -0.39 is 29.7 Å². The van der Waals surface area contributed by atoms with E-state index in [2.05, 4.69) is 26.8 Å². The summed E-state index contributed by atoms with van der Waals surface area (Å²) in [4.78, 5) is 30.0. The van der Waals surface area contributed by atoms with Gasteiger partial charge in [0, 0.05) is 31.3 Å². The Balaban J connectivity index is 1.40. The highest BCUT2D eigenvalue weighted by Crippen LogP contribution is 2.43. The molecule has 1 amide bonds. The van der Waals surface area contributed by atoms with Crippen LogP contribution in [0.15, 0.2) is 30.5 Å². The van der Waals surface area contributed by atoms with Crippen molar-refractivity contribution in [2.75, 3.05) is 31.1 Å². The molecule has 2 aromatic heterocycles. The van der Waals surface area contributed by atoms with Gasteiger partial charge in [0.15, 0.2) is 5.82 Å². The van der Waals surface area contributed by atoms with Crippen molar-refractivity contribution >= 4 is 33.4 Å². The molecular weight excluding hydrogens is 582 g/mol. The zero-order valence-corrected chi connectivity index (χ0v) is 25.3. The third-order valence-corrected chi connectivity index (χ3v) is 9.76. The summed E-state index contributed by atoms with van der Waals surface area (Å²) in [6, 6.07) is 4.79. The lowest BCUT2D eigenvalue weighted by atomic mass is 9.92. The minimum Gasteiger partial charge on any atom is -0.508 e. The predicted octanol–water partition coefficient (Wildman–Crippen LogP) is 4.07. The van der Waals surface area contributed by atoms with Crippen molar-refractivity contribution in [1.29, 1.82) is 0 Å². The van der Waals surface area contributed by atoms with E-state index in [0.29, 0.717) is 35.3 Å². The first-order valence-corrected chi connectivity index (χ1v) is 15.5. The summed E-state index contributed by atoms with van der Waals surface area (Å²) in [6.07, 6.45) is 3.99. The van der Waals surface area contributed by atoms with E-state index in [1.165, 1.54) is 30.5 Å². The molecule has 0 bridgehead atoms. The maximum absolute atomic E-state index is 16.8. The number of primary amides is 1. The van der Waals surface area contributed by atoms with Crippen LogP contribution >= 0.6 is 0 Å². The number of phenolic OH excluding ortho intramolecular Hbond substituents is 1. The fraction of sp³-hybridized carbons (Fsp3) is 0.455. The third kappa shape index (κ3) is 4.91. The second-order valence-electron chi connectivity index (χ2n) is 12.8. The van der Waals surface area contributed by atoms with Crippen molar-refractivity contribution in [1.82, 2.24) is 19.9 Å². The summed E-state index contributed by atoms with van der Waals surface area (Å²) in [5.41, 5.74) is 5.90. The number of halogens is 2. The highest BCUT2D eigenvalue weighted by atomic mass is 19.1. The molecule has 3 aliphatic rings. The first-order chi connectivity index (χ1) is 21.6. The number of hydrogen-bond acceptors (Lipinski definition) is 9. The Bertz CT molecular complexity index is 1840. The Morgan fingerprint density at radius 1 is 1.22 bits per heavy atom. The number of aliphatic hydroxyl groups excluding tert-OH is 1. The van der Waals surface area contributed by atoms with Crippen molar-refractivity contribution in [2.45, 2.75) is 63.6 Å². The number of nitrogens with two attached hydrogens (primary N) is 1. The molecule has 236 valence electrons. The Labute approximate surface area is 258 Å². The smallest absolute Gasteiger partial charge is 0.319 e. The number of aliphatic hydroxyl groups is 1. The maximum atomic E-state index is 16.8. The Morgan fingerprint density at radius 3 is 2.82 bits per heavy atom. The predicted molar refractivity (Wildman–Crippen MR) is 165 cm³/mol. The molecule has 0 aliphatic carbocycles. The molecule has 3 aliphatic heterocycles. The summed E-state index contributed by atoms with van der Waals surface area (Å²) in [7, 11) is 0. The summed E-state index contributed by atoms with van der Waals surface area (Å²) < 4.78 is 38.0. The molecule has 10 nitrogen and oxygen atoms in total. The van der Waals surface area contributed by atoms with Crippen LogP contribution in [0.1, 0.15) is 45.1 Å². The van der Waals surface area contributed by atoms with Gasteiger partial charge in [0.2, 0.25) is 5.91 Å². The minimum absolute atomic E-state index is 0.0497. The van der Waals surface area contributed by atoms with Crippen LogP contribution in [0.4, 0.5) is 14.6 Å². The number of fused-ring (bicyclic) bond motifs is 3. The second kappa shape index (κ2) is 11.0. The average Bonchev–Trinajstić information content (AvgIpc) is 3.67. The summed E-state index contributed by atoms with van der Waals surface area (Å²) >= 11 is 0. The number of hydrogen-bond donors (Lipinski definition) is 3. The number of amides is 1. The van der Waals surface area contributed by atoms with Gasteiger partial charge in [0.05, 0.1) is 17.0 Å². The van der Waals surface area contributed by atoms with Crippen LogP contribution in [-0.4, -0.2) is 79.9 Å². The fourth-order valence-corrected chi connectivity index (χ4v) is 7.86. The van der Waals surface area contributed by atoms with E-state index in [0.717, 1.165) is 32.4 Å². The lowest BCUT2D eigenvalue weighted by Crippen LogP contribution is -2.43.